The maximum Gasteiger partial charge on any atom is 0.586 e. The minimum absolute atomic E-state index is 0.0578. The molecule has 0 unspecified atom stereocenters. The lowest BCUT2D eigenvalue weighted by Crippen LogP contribution is -2.25. The lowest BCUT2D eigenvalue weighted by atomic mass is 10.2. The first-order valence-corrected chi connectivity index (χ1v) is 4.33. The van der Waals surface area contributed by atoms with Crippen LogP contribution < -0.4 is 9.47 Å². The van der Waals surface area contributed by atoms with E-state index in [0.717, 1.165) is 5.56 Å². The van der Waals surface area contributed by atoms with Crippen LogP contribution in [0.2, 0.25) is 0 Å². The topological polar surface area (TPSA) is 18.5 Å². The van der Waals surface area contributed by atoms with E-state index in [0.29, 0.717) is 4.47 Å². The third-order valence-corrected chi connectivity index (χ3v) is 2.54. The molecule has 1 aliphatic rings. The van der Waals surface area contributed by atoms with Crippen molar-refractivity contribution in [2.24, 2.45) is 0 Å². The van der Waals surface area contributed by atoms with Crippen LogP contribution in [0, 0.1) is 6.92 Å². The van der Waals surface area contributed by atoms with Crippen molar-refractivity contribution in [2.45, 2.75) is 13.2 Å². The van der Waals surface area contributed by atoms with Crippen LogP contribution in [0.25, 0.3) is 0 Å². The van der Waals surface area contributed by atoms with Crippen LogP contribution in [0.1, 0.15) is 5.56 Å². The molecule has 0 radical (unpaired) electrons. The largest absolute Gasteiger partial charge is 0.586 e. The molecule has 0 fully saturated rings. The van der Waals surface area contributed by atoms with Gasteiger partial charge in [-0.1, -0.05) is 15.9 Å². The molecule has 1 heterocycles. The Hall–Kier alpha value is -0.840. The van der Waals surface area contributed by atoms with Gasteiger partial charge in [-0.3, -0.25) is 0 Å². The molecule has 70 valence electrons. The molecule has 0 saturated heterocycles. The average Bonchev–Trinajstić information content (AvgIpc) is 2.24. The summed E-state index contributed by atoms with van der Waals surface area (Å²) < 4.78 is 34.3. The highest BCUT2D eigenvalue weighted by molar-refractivity contribution is 9.10. The van der Waals surface area contributed by atoms with E-state index < -0.39 is 6.29 Å². The van der Waals surface area contributed by atoms with E-state index in [1.54, 1.807) is 6.92 Å². The zero-order valence-corrected chi connectivity index (χ0v) is 8.19. The molecule has 5 heteroatoms. The Bertz CT molecular complexity index is 332. The van der Waals surface area contributed by atoms with E-state index in [9.17, 15) is 8.78 Å². The van der Waals surface area contributed by atoms with Gasteiger partial charge in [0.25, 0.3) is 0 Å². The number of halogens is 3. The van der Waals surface area contributed by atoms with Gasteiger partial charge in [-0.05, 0) is 24.6 Å². The molecule has 1 aliphatic heterocycles. The molecule has 0 aliphatic carbocycles. The summed E-state index contributed by atoms with van der Waals surface area (Å²) >= 11 is 3.21. The highest BCUT2D eigenvalue weighted by Crippen LogP contribution is 2.43. The first-order chi connectivity index (χ1) is 5.98. The standard InChI is InChI=1S/C8H5BrF2O2/c1-4-2-6-7(3-5(4)9)13-8(10,11)12-6/h2-3H,1H3. The van der Waals surface area contributed by atoms with Crippen LogP contribution in [-0.2, 0) is 0 Å². The summed E-state index contributed by atoms with van der Waals surface area (Å²) in [5.41, 5.74) is 0.819. The number of ether oxygens (including phenoxy) is 2. The second-order valence-electron chi connectivity index (χ2n) is 2.72. The number of hydrogen-bond donors (Lipinski definition) is 0. The van der Waals surface area contributed by atoms with Crippen LogP contribution in [-0.4, -0.2) is 6.29 Å². The fraction of sp³-hybridized carbons (Fsp3) is 0.250. The predicted octanol–water partition coefficient (Wildman–Crippen LogP) is 3.08. The van der Waals surface area contributed by atoms with Crippen molar-refractivity contribution in [3.63, 3.8) is 0 Å². The Morgan fingerprint density at radius 1 is 1.23 bits per heavy atom. The van der Waals surface area contributed by atoms with E-state index in [4.69, 9.17) is 0 Å². The summed E-state index contributed by atoms with van der Waals surface area (Å²) in [5, 5.41) is 0. The molecule has 0 spiro atoms. The molecular weight excluding hydrogens is 246 g/mol. The fourth-order valence-corrected chi connectivity index (χ4v) is 1.40. The molecule has 13 heavy (non-hydrogen) atoms. The third kappa shape index (κ3) is 1.48. The van der Waals surface area contributed by atoms with Crippen LogP contribution in [0.15, 0.2) is 16.6 Å². The summed E-state index contributed by atoms with van der Waals surface area (Å²) in [6, 6.07) is 2.96. The molecule has 0 amide bonds. The van der Waals surface area contributed by atoms with Gasteiger partial charge in [-0.2, -0.15) is 0 Å². The lowest BCUT2D eigenvalue weighted by Gasteiger charge is -2.04. The van der Waals surface area contributed by atoms with Gasteiger partial charge in [0.1, 0.15) is 0 Å². The van der Waals surface area contributed by atoms with Crippen LogP contribution >= 0.6 is 15.9 Å². The maximum absolute atomic E-state index is 12.5. The minimum atomic E-state index is -3.53. The minimum Gasteiger partial charge on any atom is -0.395 e. The van der Waals surface area contributed by atoms with Crippen molar-refractivity contribution in [1.29, 1.82) is 0 Å². The summed E-state index contributed by atoms with van der Waals surface area (Å²) in [6.07, 6.45) is -3.53. The molecular formula is C8H5BrF2O2. The van der Waals surface area contributed by atoms with Crippen molar-refractivity contribution < 1.29 is 18.3 Å². The molecule has 0 bridgehead atoms. The number of benzene rings is 1. The van der Waals surface area contributed by atoms with Crippen LogP contribution in [0.4, 0.5) is 8.78 Å². The Balaban J connectivity index is 2.48. The van der Waals surface area contributed by atoms with E-state index in [2.05, 4.69) is 25.4 Å². The first-order valence-electron chi connectivity index (χ1n) is 3.54. The highest BCUT2D eigenvalue weighted by atomic mass is 79.9. The summed E-state index contributed by atoms with van der Waals surface area (Å²) in [5.74, 6) is 0.133. The molecule has 0 saturated carbocycles. The van der Waals surface area contributed by atoms with E-state index >= 15 is 0 Å². The predicted molar refractivity (Wildman–Crippen MR) is 45.1 cm³/mol. The number of hydrogen-bond acceptors (Lipinski definition) is 2. The quantitative estimate of drug-likeness (QED) is 0.705. The number of aryl methyl sites for hydroxylation is 1. The second kappa shape index (κ2) is 2.57. The van der Waals surface area contributed by atoms with Crippen molar-refractivity contribution >= 4 is 15.9 Å². The second-order valence-corrected chi connectivity index (χ2v) is 3.57. The maximum atomic E-state index is 12.5. The zero-order chi connectivity index (χ0) is 9.64. The Morgan fingerprint density at radius 3 is 2.38 bits per heavy atom. The number of rotatable bonds is 0. The third-order valence-electron chi connectivity index (χ3n) is 1.68. The van der Waals surface area contributed by atoms with Crippen LogP contribution in [0.5, 0.6) is 11.5 Å². The fourth-order valence-electron chi connectivity index (χ4n) is 1.07. The molecule has 0 atom stereocenters. The average molecular weight is 251 g/mol. The normalized spacial score (nSPS) is 17.5. The van der Waals surface area contributed by atoms with Gasteiger partial charge in [-0.25, -0.2) is 0 Å². The highest BCUT2D eigenvalue weighted by Gasteiger charge is 2.43. The SMILES string of the molecule is Cc1cc2c(cc1Br)OC(F)(F)O2. The first kappa shape index (κ1) is 8.74. The Labute approximate surface area is 81.6 Å². The lowest BCUT2D eigenvalue weighted by molar-refractivity contribution is -0.286. The summed E-state index contributed by atoms with van der Waals surface area (Å²) in [7, 11) is 0. The van der Waals surface area contributed by atoms with Gasteiger partial charge in [0.2, 0.25) is 0 Å². The van der Waals surface area contributed by atoms with Gasteiger partial charge in [0.15, 0.2) is 11.5 Å². The number of fused-ring (bicyclic) bond motifs is 1. The van der Waals surface area contributed by atoms with Gasteiger partial charge in [-0.15, -0.1) is 8.78 Å². The van der Waals surface area contributed by atoms with Crippen molar-refractivity contribution in [3.8, 4) is 11.5 Å². The summed E-state index contributed by atoms with van der Waals surface area (Å²) in [4.78, 5) is 0. The van der Waals surface area contributed by atoms with Gasteiger partial charge < -0.3 is 9.47 Å². The van der Waals surface area contributed by atoms with E-state index in [-0.39, 0.29) is 11.5 Å². The Morgan fingerprint density at radius 2 is 1.77 bits per heavy atom. The van der Waals surface area contributed by atoms with Gasteiger partial charge in [0.05, 0.1) is 0 Å². The van der Waals surface area contributed by atoms with E-state index in [1.165, 1.54) is 12.1 Å². The monoisotopic (exact) mass is 250 g/mol. The molecule has 0 aromatic heterocycles. The smallest absolute Gasteiger partial charge is 0.395 e. The molecule has 2 nitrogen and oxygen atoms in total. The Kier molecular flexibility index (Phi) is 1.73. The van der Waals surface area contributed by atoms with Crippen molar-refractivity contribution in [1.82, 2.24) is 0 Å². The molecule has 0 N–H and O–H groups in total. The van der Waals surface area contributed by atoms with Crippen molar-refractivity contribution in [2.75, 3.05) is 0 Å². The van der Waals surface area contributed by atoms with Crippen LogP contribution in [0.3, 0.4) is 0 Å². The number of alkyl halides is 2. The molecule has 1 aromatic rings. The molecule has 2 rings (SSSR count). The van der Waals surface area contributed by atoms with E-state index in [1.807, 2.05) is 0 Å². The molecule has 1 aromatic carbocycles. The van der Waals surface area contributed by atoms with Crippen molar-refractivity contribution in [3.05, 3.63) is 22.2 Å². The van der Waals surface area contributed by atoms with Gasteiger partial charge in [0, 0.05) is 4.47 Å². The van der Waals surface area contributed by atoms with Gasteiger partial charge >= 0.3 is 6.29 Å². The zero-order valence-electron chi connectivity index (χ0n) is 6.61. The summed E-state index contributed by atoms with van der Waals surface area (Å²) in [6.45, 7) is 1.78.